The van der Waals surface area contributed by atoms with Crippen LogP contribution < -0.4 is 15.4 Å². The molecular formula is C21H26ClN3O4. The number of aliphatic hydroxyl groups is 1. The average molecular weight is 420 g/mol. The van der Waals surface area contributed by atoms with Crippen molar-refractivity contribution in [2.45, 2.75) is 50.9 Å². The molecule has 0 spiro atoms. The number of hydrogen-bond acceptors (Lipinski definition) is 4. The van der Waals surface area contributed by atoms with E-state index in [1.54, 1.807) is 18.2 Å². The summed E-state index contributed by atoms with van der Waals surface area (Å²) < 4.78 is 5.98. The molecule has 0 saturated heterocycles. The Kier molecular flexibility index (Phi) is 6.82. The number of carbonyl (C=O) groups is 2. The molecule has 1 aliphatic carbocycles. The number of ether oxygens (including phenoxy) is 1. The van der Waals surface area contributed by atoms with Crippen LogP contribution >= 0.6 is 11.6 Å². The van der Waals surface area contributed by atoms with Crippen molar-refractivity contribution in [3.63, 3.8) is 0 Å². The molecule has 2 aromatic rings. The minimum absolute atomic E-state index is 0.00927. The maximum Gasteiger partial charge on any atom is 0.271 e. The van der Waals surface area contributed by atoms with E-state index >= 15 is 0 Å². The van der Waals surface area contributed by atoms with Gasteiger partial charge in [0.25, 0.3) is 11.8 Å². The van der Waals surface area contributed by atoms with Crippen LogP contribution in [0.2, 0.25) is 5.02 Å². The van der Waals surface area contributed by atoms with E-state index in [0.717, 1.165) is 18.4 Å². The van der Waals surface area contributed by atoms with Crippen LogP contribution in [0.1, 0.15) is 65.3 Å². The smallest absolute Gasteiger partial charge is 0.271 e. The second-order valence-electron chi connectivity index (χ2n) is 7.29. The summed E-state index contributed by atoms with van der Waals surface area (Å²) in [5, 5.41) is 15.8. The SMILES string of the molecule is CNC(=O)c1[nH]c(C(=O)N[C@H]2CC[C@H](O)CC2)cc1OC(C)c1ccc(Cl)cc1. The molecule has 1 saturated carbocycles. The highest BCUT2D eigenvalue weighted by atomic mass is 35.5. The Balaban J connectivity index is 1.75. The van der Waals surface area contributed by atoms with Gasteiger partial charge in [-0.15, -0.1) is 0 Å². The van der Waals surface area contributed by atoms with E-state index in [1.165, 1.54) is 7.05 Å². The molecule has 4 N–H and O–H groups in total. The topological polar surface area (TPSA) is 103 Å². The number of aromatic nitrogens is 1. The van der Waals surface area contributed by atoms with Gasteiger partial charge in [0.15, 0.2) is 5.75 Å². The summed E-state index contributed by atoms with van der Waals surface area (Å²) >= 11 is 5.93. The summed E-state index contributed by atoms with van der Waals surface area (Å²) in [5.41, 5.74) is 1.34. The number of aliphatic hydroxyl groups excluding tert-OH is 1. The molecule has 0 bridgehead atoms. The lowest BCUT2D eigenvalue weighted by atomic mass is 9.93. The van der Waals surface area contributed by atoms with Crippen LogP contribution in [-0.2, 0) is 0 Å². The van der Waals surface area contributed by atoms with Crippen molar-refractivity contribution in [3.8, 4) is 5.75 Å². The molecule has 1 aromatic heterocycles. The summed E-state index contributed by atoms with van der Waals surface area (Å²) in [6.07, 6.45) is 2.17. The highest BCUT2D eigenvalue weighted by molar-refractivity contribution is 6.30. The highest BCUT2D eigenvalue weighted by Crippen LogP contribution is 2.28. The number of amides is 2. The molecule has 8 heteroatoms. The fourth-order valence-electron chi connectivity index (χ4n) is 3.42. The van der Waals surface area contributed by atoms with E-state index in [9.17, 15) is 14.7 Å². The van der Waals surface area contributed by atoms with Crippen molar-refractivity contribution in [1.29, 1.82) is 0 Å². The molecule has 1 heterocycles. The molecule has 156 valence electrons. The van der Waals surface area contributed by atoms with Crippen LogP contribution in [0, 0.1) is 0 Å². The Morgan fingerprint density at radius 1 is 1.17 bits per heavy atom. The van der Waals surface area contributed by atoms with Gasteiger partial charge < -0.3 is 25.5 Å². The average Bonchev–Trinajstić information content (AvgIpc) is 3.13. The standard InChI is InChI=1S/C21H26ClN3O4/c1-12(13-3-5-14(22)6-4-13)29-18-11-17(25-19(18)21(28)23-2)20(27)24-15-7-9-16(26)10-8-15/h3-6,11-12,15-16,25-26H,7-10H2,1-2H3,(H,23,28)(H,24,27)/t12?,15-,16-. The Morgan fingerprint density at radius 2 is 1.83 bits per heavy atom. The number of hydrogen-bond donors (Lipinski definition) is 4. The Morgan fingerprint density at radius 3 is 2.45 bits per heavy atom. The number of carbonyl (C=O) groups excluding carboxylic acids is 2. The molecular weight excluding hydrogens is 394 g/mol. The largest absolute Gasteiger partial charge is 0.484 e. The normalized spacial score (nSPS) is 20.0. The maximum atomic E-state index is 12.7. The molecule has 0 radical (unpaired) electrons. The van der Waals surface area contributed by atoms with Crippen LogP contribution in [0.25, 0.3) is 0 Å². The van der Waals surface area contributed by atoms with E-state index in [-0.39, 0.29) is 41.5 Å². The predicted molar refractivity (Wildman–Crippen MR) is 110 cm³/mol. The monoisotopic (exact) mass is 419 g/mol. The van der Waals surface area contributed by atoms with Crippen molar-refractivity contribution in [1.82, 2.24) is 15.6 Å². The minimum atomic E-state index is -0.372. The van der Waals surface area contributed by atoms with E-state index in [4.69, 9.17) is 16.3 Å². The zero-order valence-corrected chi connectivity index (χ0v) is 17.3. The molecule has 1 fully saturated rings. The lowest BCUT2D eigenvalue weighted by Gasteiger charge is -2.25. The zero-order chi connectivity index (χ0) is 21.0. The van der Waals surface area contributed by atoms with Gasteiger partial charge >= 0.3 is 0 Å². The third-order valence-corrected chi connectivity index (χ3v) is 5.41. The zero-order valence-electron chi connectivity index (χ0n) is 16.5. The first-order valence-corrected chi connectivity index (χ1v) is 10.1. The van der Waals surface area contributed by atoms with Crippen molar-refractivity contribution in [2.75, 3.05) is 7.05 Å². The van der Waals surface area contributed by atoms with Gasteiger partial charge in [0, 0.05) is 24.2 Å². The molecule has 2 amide bonds. The van der Waals surface area contributed by atoms with Gasteiger partial charge in [0.1, 0.15) is 17.5 Å². The molecule has 3 rings (SSSR count). The quantitative estimate of drug-likeness (QED) is 0.577. The van der Waals surface area contributed by atoms with Crippen molar-refractivity contribution in [2.24, 2.45) is 0 Å². The van der Waals surface area contributed by atoms with E-state index in [0.29, 0.717) is 23.6 Å². The number of rotatable bonds is 6. The predicted octanol–water partition coefficient (Wildman–Crippen LogP) is 3.20. The molecule has 1 atom stereocenters. The third kappa shape index (κ3) is 5.31. The van der Waals surface area contributed by atoms with Gasteiger partial charge in [-0.3, -0.25) is 9.59 Å². The van der Waals surface area contributed by atoms with Crippen LogP contribution in [0.5, 0.6) is 5.75 Å². The minimum Gasteiger partial charge on any atom is -0.484 e. The fraction of sp³-hybridized carbons (Fsp3) is 0.429. The second-order valence-corrected chi connectivity index (χ2v) is 7.73. The fourth-order valence-corrected chi connectivity index (χ4v) is 3.55. The lowest BCUT2D eigenvalue weighted by molar-refractivity contribution is 0.0863. The van der Waals surface area contributed by atoms with Crippen LogP contribution in [-0.4, -0.2) is 41.1 Å². The van der Waals surface area contributed by atoms with E-state index in [1.807, 2.05) is 19.1 Å². The number of nitrogens with one attached hydrogen (secondary N) is 3. The molecule has 0 aliphatic heterocycles. The number of benzene rings is 1. The van der Waals surface area contributed by atoms with Crippen molar-refractivity contribution >= 4 is 23.4 Å². The summed E-state index contributed by atoms with van der Waals surface area (Å²) in [7, 11) is 1.52. The van der Waals surface area contributed by atoms with Gasteiger partial charge in [0.2, 0.25) is 0 Å². The molecule has 7 nitrogen and oxygen atoms in total. The molecule has 1 aliphatic rings. The number of halogens is 1. The summed E-state index contributed by atoms with van der Waals surface area (Å²) in [6.45, 7) is 1.86. The second kappa shape index (κ2) is 9.33. The first-order chi connectivity index (χ1) is 13.9. The van der Waals surface area contributed by atoms with E-state index < -0.39 is 0 Å². The molecule has 29 heavy (non-hydrogen) atoms. The first-order valence-electron chi connectivity index (χ1n) is 9.73. The summed E-state index contributed by atoms with van der Waals surface area (Å²) in [6, 6.07) is 8.80. The third-order valence-electron chi connectivity index (χ3n) is 5.16. The van der Waals surface area contributed by atoms with E-state index in [2.05, 4.69) is 15.6 Å². The number of aromatic amines is 1. The maximum absolute atomic E-state index is 12.7. The lowest BCUT2D eigenvalue weighted by Crippen LogP contribution is -2.38. The van der Waals surface area contributed by atoms with Gasteiger partial charge in [-0.1, -0.05) is 23.7 Å². The van der Waals surface area contributed by atoms with Gasteiger partial charge in [-0.25, -0.2) is 0 Å². The van der Waals surface area contributed by atoms with Crippen molar-refractivity contribution in [3.05, 3.63) is 52.3 Å². The van der Waals surface area contributed by atoms with Gasteiger partial charge in [-0.2, -0.15) is 0 Å². The number of H-pyrrole nitrogens is 1. The van der Waals surface area contributed by atoms with Gasteiger partial charge in [-0.05, 0) is 50.3 Å². The van der Waals surface area contributed by atoms with Crippen LogP contribution in [0.3, 0.4) is 0 Å². The Labute approximate surface area is 174 Å². The molecule has 1 unspecified atom stereocenters. The summed E-state index contributed by atoms with van der Waals surface area (Å²) in [5.74, 6) is -0.371. The van der Waals surface area contributed by atoms with Gasteiger partial charge in [0.05, 0.1) is 6.10 Å². The first kappa shape index (κ1) is 21.2. The van der Waals surface area contributed by atoms with Crippen LogP contribution in [0.15, 0.2) is 30.3 Å². The Hall–Kier alpha value is -2.51. The Bertz CT molecular complexity index is 857. The van der Waals surface area contributed by atoms with Crippen molar-refractivity contribution < 1.29 is 19.4 Å². The highest BCUT2D eigenvalue weighted by Gasteiger charge is 2.25. The van der Waals surface area contributed by atoms with Crippen LogP contribution in [0.4, 0.5) is 0 Å². The molecule has 1 aromatic carbocycles. The summed E-state index contributed by atoms with van der Waals surface area (Å²) in [4.78, 5) is 27.8.